The third-order valence-electron chi connectivity index (χ3n) is 5.20. The van der Waals surface area contributed by atoms with E-state index in [0.717, 1.165) is 12.8 Å². The molecule has 0 spiro atoms. The van der Waals surface area contributed by atoms with Crippen LogP contribution in [0.3, 0.4) is 0 Å². The van der Waals surface area contributed by atoms with Crippen LogP contribution in [-0.4, -0.2) is 17.1 Å². The van der Waals surface area contributed by atoms with Gasteiger partial charge in [0, 0.05) is 6.04 Å². The van der Waals surface area contributed by atoms with Gasteiger partial charge in [-0.05, 0) is 29.9 Å². The van der Waals surface area contributed by atoms with Crippen LogP contribution in [0.4, 0.5) is 0 Å². The van der Waals surface area contributed by atoms with E-state index in [9.17, 15) is 9.90 Å². The highest BCUT2D eigenvalue weighted by atomic mass is 16.4. The second kappa shape index (κ2) is 7.63. The molecule has 2 aromatic rings. The zero-order chi connectivity index (χ0) is 16.9. The first-order valence-corrected chi connectivity index (χ1v) is 8.77. The summed E-state index contributed by atoms with van der Waals surface area (Å²) in [6, 6.07) is 21.1. The van der Waals surface area contributed by atoms with E-state index < -0.39 is 5.97 Å². The van der Waals surface area contributed by atoms with Crippen LogP contribution < -0.4 is 5.32 Å². The molecule has 0 heterocycles. The highest BCUT2D eigenvalue weighted by molar-refractivity contribution is 5.71. The fourth-order valence-electron chi connectivity index (χ4n) is 3.93. The fraction of sp³-hybridized carbons (Fsp3) is 0.381. The Morgan fingerprint density at radius 2 is 1.58 bits per heavy atom. The minimum absolute atomic E-state index is 0.0995. The lowest BCUT2D eigenvalue weighted by molar-refractivity contribution is -0.143. The number of nitrogens with one attached hydrogen (secondary N) is 1. The molecule has 3 rings (SSSR count). The Labute approximate surface area is 143 Å². The van der Waals surface area contributed by atoms with Crippen molar-refractivity contribution in [3.8, 4) is 0 Å². The smallest absolute Gasteiger partial charge is 0.306 e. The van der Waals surface area contributed by atoms with Crippen molar-refractivity contribution in [3.63, 3.8) is 0 Å². The van der Waals surface area contributed by atoms with Crippen LogP contribution in [0.2, 0.25) is 0 Å². The predicted molar refractivity (Wildman–Crippen MR) is 95.8 cm³/mol. The first kappa shape index (κ1) is 16.7. The monoisotopic (exact) mass is 323 g/mol. The molecule has 1 fully saturated rings. The van der Waals surface area contributed by atoms with Crippen molar-refractivity contribution in [2.75, 3.05) is 0 Å². The average molecular weight is 323 g/mol. The van der Waals surface area contributed by atoms with Crippen LogP contribution in [-0.2, 0) is 4.79 Å². The molecule has 2 N–H and O–H groups in total. The maximum Gasteiger partial charge on any atom is 0.306 e. The molecule has 0 amide bonds. The molecule has 126 valence electrons. The zero-order valence-electron chi connectivity index (χ0n) is 14.1. The van der Waals surface area contributed by atoms with E-state index in [4.69, 9.17) is 0 Å². The number of hydrogen-bond acceptors (Lipinski definition) is 2. The Bertz CT molecular complexity index is 617. The van der Waals surface area contributed by atoms with Crippen molar-refractivity contribution in [1.82, 2.24) is 5.32 Å². The van der Waals surface area contributed by atoms with Crippen molar-refractivity contribution in [1.29, 1.82) is 0 Å². The Morgan fingerprint density at radius 1 is 1.04 bits per heavy atom. The highest BCUT2D eigenvalue weighted by Gasteiger charge is 2.38. The molecule has 24 heavy (non-hydrogen) atoms. The van der Waals surface area contributed by atoms with Gasteiger partial charge >= 0.3 is 5.97 Å². The number of carbonyl (C=O) groups is 1. The van der Waals surface area contributed by atoms with Gasteiger partial charge in [-0.15, -0.1) is 0 Å². The molecule has 3 nitrogen and oxygen atoms in total. The molecule has 3 atom stereocenters. The lowest BCUT2D eigenvalue weighted by Gasteiger charge is -2.24. The van der Waals surface area contributed by atoms with Crippen LogP contribution in [0.15, 0.2) is 60.7 Å². The van der Waals surface area contributed by atoms with Crippen molar-refractivity contribution >= 4 is 5.97 Å². The Hall–Kier alpha value is -2.13. The van der Waals surface area contributed by atoms with E-state index in [0.29, 0.717) is 6.42 Å². The number of hydrogen-bond donors (Lipinski definition) is 2. The molecule has 0 aromatic heterocycles. The summed E-state index contributed by atoms with van der Waals surface area (Å²) in [4.78, 5) is 11.5. The highest BCUT2D eigenvalue weighted by Crippen LogP contribution is 2.36. The molecule has 1 saturated carbocycles. The van der Waals surface area contributed by atoms with Gasteiger partial charge in [0.1, 0.15) is 0 Å². The van der Waals surface area contributed by atoms with Crippen molar-refractivity contribution in [3.05, 3.63) is 71.8 Å². The predicted octanol–water partition coefficient (Wildman–Crippen LogP) is 4.26. The summed E-state index contributed by atoms with van der Waals surface area (Å²) in [6.45, 7) is 2.09. The third kappa shape index (κ3) is 3.68. The zero-order valence-corrected chi connectivity index (χ0v) is 14.1. The van der Waals surface area contributed by atoms with Gasteiger partial charge in [0.25, 0.3) is 0 Å². The summed E-state index contributed by atoms with van der Waals surface area (Å²) in [5, 5.41) is 13.2. The topological polar surface area (TPSA) is 49.3 Å². The normalized spacial score (nSPS) is 23.5. The molecule has 3 unspecified atom stereocenters. The van der Waals surface area contributed by atoms with Gasteiger partial charge in [-0.25, -0.2) is 0 Å². The van der Waals surface area contributed by atoms with E-state index in [1.54, 1.807) is 0 Å². The van der Waals surface area contributed by atoms with Gasteiger partial charge < -0.3 is 10.4 Å². The second-order valence-corrected chi connectivity index (χ2v) is 6.70. The maximum absolute atomic E-state index is 11.5. The minimum atomic E-state index is -0.651. The summed E-state index contributed by atoms with van der Waals surface area (Å²) >= 11 is 0. The van der Waals surface area contributed by atoms with Crippen molar-refractivity contribution < 1.29 is 9.90 Å². The third-order valence-corrected chi connectivity index (χ3v) is 5.20. The summed E-state index contributed by atoms with van der Waals surface area (Å²) < 4.78 is 0. The Kier molecular flexibility index (Phi) is 5.31. The number of rotatable bonds is 6. The van der Waals surface area contributed by atoms with Crippen LogP contribution in [0, 0.1) is 11.8 Å². The molecule has 1 aliphatic rings. The van der Waals surface area contributed by atoms with Crippen LogP contribution >= 0.6 is 0 Å². The van der Waals surface area contributed by atoms with E-state index in [-0.39, 0.29) is 23.9 Å². The summed E-state index contributed by atoms with van der Waals surface area (Å²) in [5.74, 6) is -0.603. The Morgan fingerprint density at radius 3 is 2.00 bits per heavy atom. The molecule has 0 bridgehead atoms. The summed E-state index contributed by atoms with van der Waals surface area (Å²) in [7, 11) is 0. The lowest BCUT2D eigenvalue weighted by atomic mass is 9.94. The minimum Gasteiger partial charge on any atom is -0.481 e. The summed E-state index contributed by atoms with van der Waals surface area (Å²) in [6.07, 6.45) is 2.57. The molecule has 0 saturated heterocycles. The van der Waals surface area contributed by atoms with E-state index in [2.05, 4.69) is 60.8 Å². The van der Waals surface area contributed by atoms with Gasteiger partial charge in [0.05, 0.1) is 12.0 Å². The van der Waals surface area contributed by atoms with Crippen LogP contribution in [0.5, 0.6) is 0 Å². The number of carboxylic acid groups (broad SMARTS) is 1. The van der Waals surface area contributed by atoms with Gasteiger partial charge in [-0.2, -0.15) is 0 Å². The van der Waals surface area contributed by atoms with Gasteiger partial charge in [-0.3, -0.25) is 4.79 Å². The molecular weight excluding hydrogens is 298 g/mol. The van der Waals surface area contributed by atoms with E-state index in [1.807, 2.05) is 12.1 Å². The quantitative estimate of drug-likeness (QED) is 0.835. The number of aliphatic carboxylic acids is 1. The van der Waals surface area contributed by atoms with E-state index >= 15 is 0 Å². The molecule has 0 radical (unpaired) electrons. The van der Waals surface area contributed by atoms with Crippen molar-refractivity contribution in [2.24, 2.45) is 11.8 Å². The molecular formula is C21H25NO2. The number of benzene rings is 2. The lowest BCUT2D eigenvalue weighted by Crippen LogP contribution is -2.32. The second-order valence-electron chi connectivity index (χ2n) is 6.70. The average Bonchev–Trinajstić information content (AvgIpc) is 3.04. The largest absolute Gasteiger partial charge is 0.481 e. The van der Waals surface area contributed by atoms with Crippen LogP contribution in [0.25, 0.3) is 0 Å². The molecule has 3 heteroatoms. The SMILES string of the molecule is CCC1CC(NC(c2ccccc2)c2ccccc2)CC1C(=O)O. The standard InChI is InChI=1S/C21H25NO2/c1-2-15-13-18(14-19(15)21(23)24)22-20(16-9-5-3-6-10-16)17-11-7-4-8-12-17/h3-12,15,18-20,22H,2,13-14H2,1H3,(H,23,24). The molecule has 0 aliphatic heterocycles. The van der Waals surface area contributed by atoms with Gasteiger partial charge in [0.2, 0.25) is 0 Å². The van der Waals surface area contributed by atoms with Crippen molar-refractivity contribution in [2.45, 2.75) is 38.3 Å². The summed E-state index contributed by atoms with van der Waals surface area (Å²) in [5.41, 5.74) is 2.44. The number of carboxylic acids is 1. The van der Waals surface area contributed by atoms with Gasteiger partial charge in [-0.1, -0.05) is 74.0 Å². The van der Waals surface area contributed by atoms with E-state index in [1.165, 1.54) is 11.1 Å². The maximum atomic E-state index is 11.5. The van der Waals surface area contributed by atoms with Crippen LogP contribution in [0.1, 0.15) is 43.4 Å². The Balaban J connectivity index is 1.82. The first-order chi connectivity index (χ1) is 11.7. The molecule has 2 aromatic carbocycles. The first-order valence-electron chi connectivity index (χ1n) is 8.77. The van der Waals surface area contributed by atoms with Gasteiger partial charge in [0.15, 0.2) is 0 Å². The fourth-order valence-corrected chi connectivity index (χ4v) is 3.93. The molecule has 1 aliphatic carbocycles.